The zero-order chi connectivity index (χ0) is 29.5. The maximum absolute atomic E-state index is 13.4. The highest BCUT2D eigenvalue weighted by Gasteiger charge is 2.51. The molecule has 0 aromatic heterocycles. The average Bonchev–Trinajstić information content (AvgIpc) is 3.51. The van der Waals surface area contributed by atoms with E-state index in [9.17, 15) is 22.8 Å². The van der Waals surface area contributed by atoms with E-state index in [2.05, 4.69) is 27.2 Å². The fourth-order valence-electron chi connectivity index (χ4n) is 7.42. The predicted octanol–water partition coefficient (Wildman–Crippen LogP) is 5.84. The van der Waals surface area contributed by atoms with Gasteiger partial charge in [0, 0.05) is 48.2 Å². The number of hydrogen-bond donors (Lipinski definition) is 1. The highest BCUT2D eigenvalue weighted by atomic mass is 35.5. The Balaban J connectivity index is 1.10. The SMILES string of the molecule is O=C(C1CCC1)N1CCC(CCCN2CCC3(CC2)C(=O)NCN3c2cccc(C(F)(F)F)c2)(c2ccc(Cl)cc2)C1. The summed E-state index contributed by atoms with van der Waals surface area (Å²) in [5, 5.41) is 3.58. The standard InChI is InChI=1S/C32H38ClF3N4O2/c33-26-10-8-24(9-11-26)30(13-19-39(21-30)28(41)23-4-1-5-23)12-3-16-38-17-14-31(15-18-38)29(42)37-22-40(31)27-7-2-6-25(20-27)32(34,35)36/h2,6-11,20,23H,1,3-5,12-19,21-22H2,(H,37,42). The topological polar surface area (TPSA) is 55.9 Å². The number of amides is 2. The molecule has 2 amide bonds. The van der Waals surface area contributed by atoms with E-state index in [-0.39, 0.29) is 23.9 Å². The number of benzene rings is 2. The molecule has 226 valence electrons. The van der Waals surface area contributed by atoms with Crippen LogP contribution in [0.2, 0.25) is 5.02 Å². The molecule has 2 aromatic carbocycles. The molecule has 1 saturated carbocycles. The summed E-state index contributed by atoms with van der Waals surface area (Å²) in [5.41, 5.74) is 0.00379. The van der Waals surface area contributed by atoms with Crippen LogP contribution in [-0.4, -0.2) is 66.5 Å². The van der Waals surface area contributed by atoms with E-state index in [0.29, 0.717) is 42.5 Å². The Morgan fingerprint density at radius 2 is 1.76 bits per heavy atom. The number of nitrogens with zero attached hydrogens (tertiary/aromatic N) is 3. The van der Waals surface area contributed by atoms with Crippen molar-refractivity contribution in [2.24, 2.45) is 5.92 Å². The van der Waals surface area contributed by atoms with E-state index in [1.807, 2.05) is 17.0 Å². The van der Waals surface area contributed by atoms with Gasteiger partial charge in [-0.2, -0.15) is 13.2 Å². The van der Waals surface area contributed by atoms with Crippen LogP contribution >= 0.6 is 11.6 Å². The summed E-state index contributed by atoms with van der Waals surface area (Å²) < 4.78 is 40.1. The monoisotopic (exact) mass is 602 g/mol. The lowest BCUT2D eigenvalue weighted by molar-refractivity contribution is -0.138. The van der Waals surface area contributed by atoms with Gasteiger partial charge in [-0.3, -0.25) is 9.59 Å². The van der Waals surface area contributed by atoms with Gasteiger partial charge in [0.15, 0.2) is 0 Å². The molecular weight excluding hydrogens is 565 g/mol. The Bertz CT molecular complexity index is 1310. The number of nitrogens with one attached hydrogen (secondary N) is 1. The van der Waals surface area contributed by atoms with Gasteiger partial charge in [0.1, 0.15) is 5.54 Å². The number of piperidine rings is 1. The quantitative estimate of drug-likeness (QED) is 0.433. The van der Waals surface area contributed by atoms with Crippen molar-refractivity contribution in [2.45, 2.75) is 68.5 Å². The Morgan fingerprint density at radius 1 is 1.02 bits per heavy atom. The van der Waals surface area contributed by atoms with Crippen molar-refractivity contribution in [3.63, 3.8) is 0 Å². The third-order valence-electron chi connectivity index (χ3n) is 10.2. The summed E-state index contributed by atoms with van der Waals surface area (Å²) in [6, 6.07) is 13.3. The van der Waals surface area contributed by atoms with Crippen molar-refractivity contribution >= 4 is 29.1 Å². The maximum Gasteiger partial charge on any atom is 0.416 e. The Morgan fingerprint density at radius 3 is 2.43 bits per heavy atom. The summed E-state index contributed by atoms with van der Waals surface area (Å²) >= 11 is 6.20. The second-order valence-corrected chi connectivity index (χ2v) is 13.0. The van der Waals surface area contributed by atoms with Crippen LogP contribution in [0.1, 0.15) is 62.5 Å². The van der Waals surface area contributed by atoms with Crippen molar-refractivity contribution in [3.8, 4) is 0 Å². The molecule has 0 radical (unpaired) electrons. The largest absolute Gasteiger partial charge is 0.416 e. The first-order valence-corrected chi connectivity index (χ1v) is 15.5. The van der Waals surface area contributed by atoms with Crippen LogP contribution in [0.4, 0.5) is 18.9 Å². The van der Waals surface area contributed by atoms with E-state index in [0.717, 1.165) is 70.3 Å². The first-order chi connectivity index (χ1) is 20.1. The normalized spacial score (nSPS) is 24.7. The van der Waals surface area contributed by atoms with Crippen molar-refractivity contribution < 1.29 is 22.8 Å². The number of carbonyl (C=O) groups is 2. The molecule has 4 aliphatic rings. The van der Waals surface area contributed by atoms with E-state index < -0.39 is 17.3 Å². The number of rotatable bonds is 7. The van der Waals surface area contributed by atoms with Gasteiger partial charge in [-0.1, -0.05) is 36.2 Å². The van der Waals surface area contributed by atoms with Gasteiger partial charge in [0.05, 0.1) is 12.2 Å². The number of alkyl halides is 3. The van der Waals surface area contributed by atoms with Gasteiger partial charge >= 0.3 is 6.18 Å². The van der Waals surface area contributed by atoms with Crippen LogP contribution in [0, 0.1) is 5.92 Å². The van der Waals surface area contributed by atoms with E-state index in [4.69, 9.17) is 11.6 Å². The molecule has 2 aromatic rings. The van der Waals surface area contributed by atoms with Crippen LogP contribution in [0.3, 0.4) is 0 Å². The average molecular weight is 603 g/mol. The van der Waals surface area contributed by atoms with Crippen LogP contribution in [0.25, 0.3) is 0 Å². The van der Waals surface area contributed by atoms with Gasteiger partial charge in [-0.05, 0) is 87.4 Å². The molecule has 3 heterocycles. The van der Waals surface area contributed by atoms with Crippen molar-refractivity contribution in [1.29, 1.82) is 0 Å². The molecule has 0 bridgehead atoms. The van der Waals surface area contributed by atoms with Gasteiger partial charge < -0.3 is 20.0 Å². The minimum atomic E-state index is -4.44. The van der Waals surface area contributed by atoms with Gasteiger partial charge in [-0.25, -0.2) is 0 Å². The highest BCUT2D eigenvalue weighted by molar-refractivity contribution is 6.30. The number of carbonyl (C=O) groups excluding carboxylic acids is 2. The summed E-state index contributed by atoms with van der Waals surface area (Å²) in [4.78, 5) is 32.4. The minimum absolute atomic E-state index is 0.105. The molecule has 6 rings (SSSR count). The highest BCUT2D eigenvalue weighted by Crippen LogP contribution is 2.42. The molecule has 4 fully saturated rings. The predicted molar refractivity (Wildman–Crippen MR) is 156 cm³/mol. The molecule has 1 spiro atoms. The smallest absolute Gasteiger partial charge is 0.342 e. The molecule has 1 atom stereocenters. The van der Waals surface area contributed by atoms with Gasteiger partial charge in [-0.15, -0.1) is 0 Å². The minimum Gasteiger partial charge on any atom is -0.342 e. The summed E-state index contributed by atoms with van der Waals surface area (Å²) in [6.45, 7) is 3.99. The van der Waals surface area contributed by atoms with Crippen LogP contribution < -0.4 is 10.2 Å². The van der Waals surface area contributed by atoms with E-state index >= 15 is 0 Å². The number of likely N-dealkylation sites (tertiary alicyclic amines) is 2. The molecular formula is C32H38ClF3N4O2. The van der Waals surface area contributed by atoms with Crippen LogP contribution in [0.15, 0.2) is 48.5 Å². The molecule has 42 heavy (non-hydrogen) atoms. The molecule has 10 heteroatoms. The lowest BCUT2D eigenvalue weighted by Gasteiger charge is -2.43. The fourth-order valence-corrected chi connectivity index (χ4v) is 7.55. The first kappa shape index (κ1) is 29.3. The molecule has 1 aliphatic carbocycles. The molecule has 6 nitrogen and oxygen atoms in total. The summed E-state index contributed by atoms with van der Waals surface area (Å²) in [7, 11) is 0. The summed E-state index contributed by atoms with van der Waals surface area (Å²) in [5.74, 6) is 0.386. The van der Waals surface area contributed by atoms with Gasteiger partial charge in [0.25, 0.3) is 0 Å². The Labute approximate surface area is 250 Å². The molecule has 1 N–H and O–H groups in total. The Hall–Kier alpha value is -2.78. The zero-order valence-corrected chi connectivity index (χ0v) is 24.5. The second-order valence-electron chi connectivity index (χ2n) is 12.5. The molecule has 3 aliphatic heterocycles. The lowest BCUT2D eigenvalue weighted by Crippen LogP contribution is -2.56. The van der Waals surface area contributed by atoms with Crippen molar-refractivity contribution in [1.82, 2.24) is 15.1 Å². The molecule has 3 saturated heterocycles. The zero-order valence-electron chi connectivity index (χ0n) is 23.8. The molecule has 1 unspecified atom stereocenters. The summed E-state index contributed by atoms with van der Waals surface area (Å²) in [6.07, 6.45) is 2.65. The Kier molecular flexibility index (Phi) is 7.94. The second kappa shape index (κ2) is 11.4. The number of halogens is 4. The third-order valence-corrected chi connectivity index (χ3v) is 10.5. The van der Waals surface area contributed by atoms with Gasteiger partial charge in [0.2, 0.25) is 11.8 Å². The fraction of sp³-hybridized carbons (Fsp3) is 0.562. The van der Waals surface area contributed by atoms with Crippen molar-refractivity contribution in [2.75, 3.05) is 44.3 Å². The third kappa shape index (κ3) is 5.50. The van der Waals surface area contributed by atoms with E-state index in [1.165, 1.54) is 11.6 Å². The van der Waals surface area contributed by atoms with Crippen LogP contribution in [0.5, 0.6) is 0 Å². The van der Waals surface area contributed by atoms with Crippen molar-refractivity contribution in [3.05, 3.63) is 64.7 Å². The number of anilines is 1. The lowest BCUT2D eigenvalue weighted by atomic mass is 9.75. The van der Waals surface area contributed by atoms with Crippen LogP contribution in [-0.2, 0) is 21.2 Å². The number of hydrogen-bond acceptors (Lipinski definition) is 4. The van der Waals surface area contributed by atoms with E-state index in [1.54, 1.807) is 6.07 Å². The maximum atomic E-state index is 13.4. The first-order valence-electron chi connectivity index (χ1n) is 15.1.